The van der Waals surface area contributed by atoms with Crippen LogP contribution < -0.4 is 11.1 Å². The fourth-order valence-electron chi connectivity index (χ4n) is 4.76. The second-order valence-corrected chi connectivity index (χ2v) is 9.52. The van der Waals surface area contributed by atoms with E-state index < -0.39 is 0 Å². The maximum absolute atomic E-state index is 6.48. The van der Waals surface area contributed by atoms with Crippen LogP contribution in [0, 0.1) is 5.92 Å². The quantitative estimate of drug-likeness (QED) is 0.418. The van der Waals surface area contributed by atoms with Crippen molar-refractivity contribution in [2.45, 2.75) is 71.5 Å². The third-order valence-corrected chi connectivity index (χ3v) is 7.04. The van der Waals surface area contributed by atoms with Crippen LogP contribution >= 0.6 is 0 Å². The summed E-state index contributed by atoms with van der Waals surface area (Å²) in [6.07, 6.45) is 8.92. The zero-order valence-corrected chi connectivity index (χ0v) is 19.1. The molecule has 1 fully saturated rings. The van der Waals surface area contributed by atoms with Crippen LogP contribution in [0.1, 0.15) is 48.9 Å². The number of fused-ring (bicyclic) bond motifs is 1. The molecule has 2 aliphatic rings. The van der Waals surface area contributed by atoms with Gasteiger partial charge in [-0.25, -0.2) is 0 Å². The van der Waals surface area contributed by atoms with Crippen LogP contribution in [0.2, 0.25) is 13.1 Å². The summed E-state index contributed by atoms with van der Waals surface area (Å²) in [5.41, 5.74) is 14.1. The van der Waals surface area contributed by atoms with Crippen LogP contribution in [0.15, 0.2) is 24.3 Å². The van der Waals surface area contributed by atoms with Crippen LogP contribution in [-0.2, 0) is 25.6 Å². The molecule has 0 aromatic heterocycles. The minimum atomic E-state index is 0.0525. The fraction of sp³-hybridized carbons (Fsp3) is 0.680. The number of nitrogens with two attached hydrogens (primary N) is 1. The highest BCUT2D eigenvalue weighted by molar-refractivity contribution is 6.57. The van der Waals surface area contributed by atoms with E-state index in [2.05, 4.69) is 49.6 Å². The standard InChI is InChI=1S/C25H42BN3/c1-5-23-22(10-9-21-11-13-26(4)15-24(21)23)12-14-29(6-2)18-25(27)19(3)16-28-17-20-7-8-20/h9-10,20,25,28H,3,5-8,11-18,27H2,1-2,4H3. The molecule has 1 aliphatic carbocycles. The zero-order chi connectivity index (χ0) is 20.8. The summed E-state index contributed by atoms with van der Waals surface area (Å²) >= 11 is 0. The SMILES string of the molecule is C=C(CNCC1CC1)C(N)CN(CC)CCc1ccc2c(c1CC)CB(C)CC2. The van der Waals surface area contributed by atoms with Crippen molar-refractivity contribution in [3.8, 4) is 0 Å². The van der Waals surface area contributed by atoms with E-state index in [1.165, 1.54) is 31.9 Å². The molecule has 0 radical (unpaired) electrons. The lowest BCUT2D eigenvalue weighted by Gasteiger charge is -2.27. The van der Waals surface area contributed by atoms with Gasteiger partial charge in [-0.15, -0.1) is 0 Å². The predicted octanol–water partition coefficient (Wildman–Crippen LogP) is 3.76. The van der Waals surface area contributed by atoms with E-state index in [4.69, 9.17) is 5.73 Å². The van der Waals surface area contributed by atoms with Gasteiger partial charge < -0.3 is 16.0 Å². The van der Waals surface area contributed by atoms with Gasteiger partial charge in [-0.1, -0.05) is 45.7 Å². The van der Waals surface area contributed by atoms with Gasteiger partial charge in [-0.2, -0.15) is 0 Å². The molecule has 4 heteroatoms. The summed E-state index contributed by atoms with van der Waals surface area (Å²) in [6, 6.07) is 4.87. The van der Waals surface area contributed by atoms with E-state index in [1.54, 1.807) is 22.3 Å². The van der Waals surface area contributed by atoms with E-state index in [0.29, 0.717) is 0 Å². The molecule has 160 valence electrons. The first-order chi connectivity index (χ1) is 14.0. The average Bonchev–Trinajstić information content (AvgIpc) is 3.54. The molecule has 1 aromatic rings. The number of likely N-dealkylation sites (N-methyl/N-ethyl adjacent to an activating group) is 1. The smallest absolute Gasteiger partial charge is 0.141 e. The normalized spacial score (nSPS) is 17.5. The Bertz CT molecular complexity index is 683. The third-order valence-electron chi connectivity index (χ3n) is 7.04. The lowest BCUT2D eigenvalue weighted by Crippen LogP contribution is -2.41. The van der Waals surface area contributed by atoms with Gasteiger partial charge >= 0.3 is 0 Å². The molecular formula is C25H42BN3. The highest BCUT2D eigenvalue weighted by Gasteiger charge is 2.22. The largest absolute Gasteiger partial charge is 0.323 e. The van der Waals surface area contributed by atoms with E-state index in [0.717, 1.165) is 63.8 Å². The molecule has 1 atom stereocenters. The molecule has 1 unspecified atom stereocenters. The summed E-state index contributed by atoms with van der Waals surface area (Å²) in [7, 11) is 0. The van der Waals surface area contributed by atoms with E-state index in [-0.39, 0.29) is 6.04 Å². The summed E-state index contributed by atoms with van der Waals surface area (Å²) in [5, 5.41) is 3.53. The topological polar surface area (TPSA) is 41.3 Å². The first kappa shape index (κ1) is 22.6. The molecule has 0 saturated heterocycles. The summed E-state index contributed by atoms with van der Waals surface area (Å²) in [4.78, 5) is 2.50. The lowest BCUT2D eigenvalue weighted by molar-refractivity contribution is 0.280. The average molecular weight is 395 g/mol. The van der Waals surface area contributed by atoms with Crippen molar-refractivity contribution in [1.29, 1.82) is 0 Å². The second-order valence-electron chi connectivity index (χ2n) is 9.52. The van der Waals surface area contributed by atoms with Gasteiger partial charge in [-0.05, 0) is 85.3 Å². The number of aryl methyl sites for hydroxylation is 1. The Morgan fingerprint density at radius 3 is 2.83 bits per heavy atom. The maximum Gasteiger partial charge on any atom is 0.141 e. The van der Waals surface area contributed by atoms with E-state index in [9.17, 15) is 0 Å². The first-order valence-electron chi connectivity index (χ1n) is 12.0. The molecule has 3 nitrogen and oxygen atoms in total. The number of hydrogen-bond acceptors (Lipinski definition) is 3. The molecule has 29 heavy (non-hydrogen) atoms. The van der Waals surface area contributed by atoms with Crippen LogP contribution in [0.4, 0.5) is 0 Å². The Labute approximate surface area is 179 Å². The highest BCUT2D eigenvalue weighted by atomic mass is 15.1. The molecule has 1 aromatic carbocycles. The van der Waals surface area contributed by atoms with Crippen LogP contribution in [-0.4, -0.2) is 50.4 Å². The van der Waals surface area contributed by atoms with Crippen LogP contribution in [0.5, 0.6) is 0 Å². The minimum Gasteiger partial charge on any atom is -0.323 e. The molecule has 3 rings (SSSR count). The Morgan fingerprint density at radius 2 is 2.14 bits per heavy atom. The Hall–Kier alpha value is -1.10. The number of hydrogen-bond donors (Lipinski definition) is 2. The van der Waals surface area contributed by atoms with Crippen molar-refractivity contribution in [2.24, 2.45) is 11.7 Å². The van der Waals surface area contributed by atoms with Crippen molar-refractivity contribution in [3.63, 3.8) is 0 Å². The Morgan fingerprint density at radius 1 is 1.34 bits per heavy atom. The molecule has 0 spiro atoms. The molecule has 1 heterocycles. The minimum absolute atomic E-state index is 0.0525. The molecular weight excluding hydrogens is 353 g/mol. The van der Waals surface area contributed by atoms with Gasteiger partial charge in [0.05, 0.1) is 0 Å². The third kappa shape index (κ3) is 6.44. The van der Waals surface area contributed by atoms with Gasteiger partial charge in [0.25, 0.3) is 0 Å². The summed E-state index contributed by atoms with van der Waals surface area (Å²) in [6.45, 7) is 17.1. The lowest BCUT2D eigenvalue weighted by atomic mass is 9.42. The van der Waals surface area contributed by atoms with Gasteiger partial charge in [0, 0.05) is 25.7 Å². The van der Waals surface area contributed by atoms with Crippen molar-refractivity contribution in [2.75, 3.05) is 32.7 Å². The van der Waals surface area contributed by atoms with E-state index in [1.807, 2.05) is 0 Å². The molecule has 3 N–H and O–H groups in total. The highest BCUT2D eigenvalue weighted by Crippen LogP contribution is 2.28. The first-order valence-corrected chi connectivity index (χ1v) is 12.0. The molecule has 0 amide bonds. The predicted molar refractivity (Wildman–Crippen MR) is 128 cm³/mol. The van der Waals surface area contributed by atoms with Gasteiger partial charge in [0.1, 0.15) is 6.71 Å². The fourth-order valence-corrected chi connectivity index (χ4v) is 4.76. The molecule has 1 aliphatic heterocycles. The molecule has 0 bridgehead atoms. The second kappa shape index (κ2) is 10.8. The van der Waals surface area contributed by atoms with Crippen molar-refractivity contribution in [3.05, 3.63) is 46.5 Å². The number of nitrogens with zero attached hydrogens (tertiary/aromatic N) is 1. The van der Waals surface area contributed by atoms with Crippen LogP contribution in [0.3, 0.4) is 0 Å². The van der Waals surface area contributed by atoms with Gasteiger partial charge in [0.15, 0.2) is 0 Å². The zero-order valence-electron chi connectivity index (χ0n) is 19.1. The summed E-state index contributed by atoms with van der Waals surface area (Å²) < 4.78 is 0. The van der Waals surface area contributed by atoms with Crippen LogP contribution in [0.25, 0.3) is 0 Å². The van der Waals surface area contributed by atoms with Gasteiger partial charge in [-0.3, -0.25) is 0 Å². The monoisotopic (exact) mass is 395 g/mol. The number of benzene rings is 1. The Kier molecular flexibility index (Phi) is 8.40. The maximum atomic E-state index is 6.48. The Balaban J connectivity index is 1.53. The summed E-state index contributed by atoms with van der Waals surface area (Å²) in [5.74, 6) is 0.901. The van der Waals surface area contributed by atoms with E-state index >= 15 is 0 Å². The van der Waals surface area contributed by atoms with Crippen molar-refractivity contribution >= 4 is 6.71 Å². The van der Waals surface area contributed by atoms with Gasteiger partial charge in [0.2, 0.25) is 0 Å². The number of nitrogens with one attached hydrogen (secondary N) is 1. The number of rotatable bonds is 12. The van der Waals surface area contributed by atoms with Crippen molar-refractivity contribution < 1.29 is 0 Å². The molecule has 1 saturated carbocycles. The van der Waals surface area contributed by atoms with Crippen molar-refractivity contribution in [1.82, 2.24) is 10.2 Å².